The molecule has 0 aromatic heterocycles. The summed E-state index contributed by atoms with van der Waals surface area (Å²) < 4.78 is 12.9. The van der Waals surface area contributed by atoms with Gasteiger partial charge >= 0.3 is 0 Å². The topological polar surface area (TPSA) is 29.3 Å². The van der Waals surface area contributed by atoms with Gasteiger partial charge in [0.1, 0.15) is 5.82 Å². The van der Waals surface area contributed by atoms with Crippen molar-refractivity contribution >= 4 is 12.4 Å². The lowest BCUT2D eigenvalue weighted by Gasteiger charge is -2.26. The van der Waals surface area contributed by atoms with E-state index < -0.39 is 0 Å². The van der Waals surface area contributed by atoms with Gasteiger partial charge in [0.25, 0.3) is 0 Å². The molecule has 4 heteroatoms. The normalized spacial score (nSPS) is 11.4. The first kappa shape index (κ1) is 15.4. The first-order valence-corrected chi connectivity index (χ1v) is 5.09. The molecule has 16 heavy (non-hydrogen) atoms. The van der Waals surface area contributed by atoms with Crippen LogP contribution in [-0.2, 0) is 6.54 Å². The lowest BCUT2D eigenvalue weighted by atomic mass is 10.1. The highest BCUT2D eigenvalue weighted by Crippen LogP contribution is 2.08. The molecule has 1 aromatic rings. The molecule has 1 aromatic carbocycles. The zero-order valence-corrected chi connectivity index (χ0v) is 10.9. The van der Waals surface area contributed by atoms with Gasteiger partial charge in [-0.3, -0.25) is 0 Å². The summed E-state index contributed by atoms with van der Waals surface area (Å²) in [5.74, 6) is -0.187. The van der Waals surface area contributed by atoms with Gasteiger partial charge in [-0.1, -0.05) is 12.1 Å². The van der Waals surface area contributed by atoms with E-state index in [0.717, 1.165) is 18.7 Å². The average molecular weight is 247 g/mol. The smallest absolute Gasteiger partial charge is 0.123 e. The number of likely N-dealkylation sites (N-methyl/N-ethyl adjacent to an activating group) is 1. The highest BCUT2D eigenvalue weighted by atomic mass is 35.5. The number of nitrogens with zero attached hydrogens (tertiary/aromatic N) is 1. The summed E-state index contributed by atoms with van der Waals surface area (Å²) in [6, 6.07) is 6.66. The van der Waals surface area contributed by atoms with E-state index in [-0.39, 0.29) is 23.8 Å². The molecule has 0 saturated carbocycles. The summed E-state index contributed by atoms with van der Waals surface area (Å²) in [6.45, 7) is 5.46. The molecule has 0 unspecified atom stereocenters. The number of benzene rings is 1. The third-order valence-corrected chi connectivity index (χ3v) is 2.02. The van der Waals surface area contributed by atoms with Crippen LogP contribution in [0.3, 0.4) is 0 Å². The fourth-order valence-corrected chi connectivity index (χ4v) is 1.70. The van der Waals surface area contributed by atoms with Gasteiger partial charge in [0.15, 0.2) is 0 Å². The van der Waals surface area contributed by atoms with Crippen LogP contribution in [0.25, 0.3) is 0 Å². The summed E-state index contributed by atoms with van der Waals surface area (Å²) in [4.78, 5) is 2.09. The molecule has 1 rings (SSSR count). The summed E-state index contributed by atoms with van der Waals surface area (Å²) in [6.07, 6.45) is 0. The average Bonchev–Trinajstić information content (AvgIpc) is 1.99. The fourth-order valence-electron chi connectivity index (χ4n) is 1.70. The van der Waals surface area contributed by atoms with Gasteiger partial charge in [0.2, 0.25) is 0 Å². The van der Waals surface area contributed by atoms with Crippen molar-refractivity contribution in [2.24, 2.45) is 5.73 Å². The molecular formula is C12H20ClFN2. The van der Waals surface area contributed by atoms with Crippen molar-refractivity contribution in [2.75, 3.05) is 13.6 Å². The van der Waals surface area contributed by atoms with Crippen molar-refractivity contribution in [1.29, 1.82) is 0 Å². The van der Waals surface area contributed by atoms with E-state index in [1.165, 1.54) is 6.07 Å². The van der Waals surface area contributed by atoms with E-state index in [1.807, 2.05) is 27.0 Å². The minimum absolute atomic E-state index is 0. The largest absolute Gasteiger partial charge is 0.324 e. The molecule has 0 bridgehead atoms. The predicted octanol–water partition coefficient (Wildman–Crippen LogP) is 2.42. The Labute approximate surface area is 103 Å². The van der Waals surface area contributed by atoms with E-state index in [4.69, 9.17) is 5.73 Å². The van der Waals surface area contributed by atoms with Crippen LogP contribution in [0.4, 0.5) is 4.39 Å². The van der Waals surface area contributed by atoms with Crippen LogP contribution >= 0.6 is 12.4 Å². The second kappa shape index (κ2) is 6.18. The summed E-state index contributed by atoms with van der Waals surface area (Å²) in [7, 11) is 1.99. The van der Waals surface area contributed by atoms with E-state index in [2.05, 4.69) is 4.90 Å². The fraction of sp³-hybridized carbons (Fsp3) is 0.500. The van der Waals surface area contributed by atoms with Crippen molar-refractivity contribution in [3.63, 3.8) is 0 Å². The Balaban J connectivity index is 0.00000225. The maximum atomic E-state index is 12.9. The summed E-state index contributed by atoms with van der Waals surface area (Å²) >= 11 is 0. The van der Waals surface area contributed by atoms with Crippen LogP contribution in [0.15, 0.2) is 24.3 Å². The highest BCUT2D eigenvalue weighted by Gasteiger charge is 2.13. The van der Waals surface area contributed by atoms with Crippen molar-refractivity contribution in [3.05, 3.63) is 35.6 Å². The van der Waals surface area contributed by atoms with Gasteiger partial charge in [-0.05, 0) is 38.6 Å². The number of hydrogen-bond donors (Lipinski definition) is 1. The van der Waals surface area contributed by atoms with Crippen molar-refractivity contribution < 1.29 is 4.39 Å². The third-order valence-electron chi connectivity index (χ3n) is 2.02. The molecule has 0 fully saturated rings. The lowest BCUT2D eigenvalue weighted by Crippen LogP contribution is -2.43. The molecule has 92 valence electrons. The maximum Gasteiger partial charge on any atom is 0.123 e. The molecule has 2 nitrogen and oxygen atoms in total. The van der Waals surface area contributed by atoms with E-state index >= 15 is 0 Å². The Hall–Kier alpha value is -0.640. The van der Waals surface area contributed by atoms with E-state index in [1.54, 1.807) is 12.1 Å². The lowest BCUT2D eigenvalue weighted by molar-refractivity contribution is 0.263. The quantitative estimate of drug-likeness (QED) is 0.884. The van der Waals surface area contributed by atoms with Crippen LogP contribution in [0, 0.1) is 5.82 Å². The van der Waals surface area contributed by atoms with Crippen LogP contribution in [0.1, 0.15) is 19.4 Å². The molecule has 0 aliphatic rings. The monoisotopic (exact) mass is 246 g/mol. The van der Waals surface area contributed by atoms with E-state index in [0.29, 0.717) is 0 Å². The van der Waals surface area contributed by atoms with Gasteiger partial charge in [-0.2, -0.15) is 0 Å². The SMILES string of the molecule is CN(Cc1cccc(F)c1)CC(C)(C)N.Cl. The Morgan fingerprint density at radius 2 is 2.00 bits per heavy atom. The zero-order valence-electron chi connectivity index (χ0n) is 10.0. The first-order chi connectivity index (χ1) is 6.87. The number of hydrogen-bond acceptors (Lipinski definition) is 2. The van der Waals surface area contributed by atoms with Crippen LogP contribution in [0.5, 0.6) is 0 Å². The third kappa shape index (κ3) is 6.05. The molecule has 0 atom stereocenters. The molecule has 2 N–H and O–H groups in total. The Kier molecular flexibility index (Phi) is 5.94. The van der Waals surface area contributed by atoms with Gasteiger partial charge in [0, 0.05) is 18.6 Å². The number of rotatable bonds is 4. The Bertz CT molecular complexity index is 323. The van der Waals surface area contributed by atoms with Gasteiger partial charge < -0.3 is 10.6 Å². The molecule has 0 aliphatic carbocycles. The summed E-state index contributed by atoms with van der Waals surface area (Å²) in [5, 5.41) is 0. The predicted molar refractivity (Wildman–Crippen MR) is 68.2 cm³/mol. The van der Waals surface area contributed by atoms with Crippen LogP contribution in [-0.4, -0.2) is 24.0 Å². The molecular weight excluding hydrogens is 227 g/mol. The Morgan fingerprint density at radius 1 is 1.38 bits per heavy atom. The second-order valence-corrected chi connectivity index (χ2v) is 4.79. The van der Waals surface area contributed by atoms with Gasteiger partial charge in [0.05, 0.1) is 0 Å². The minimum Gasteiger partial charge on any atom is -0.324 e. The van der Waals surface area contributed by atoms with E-state index in [9.17, 15) is 4.39 Å². The molecule has 0 saturated heterocycles. The minimum atomic E-state index is -0.220. The summed E-state index contributed by atoms with van der Waals surface area (Å²) in [5.41, 5.74) is 6.66. The van der Waals surface area contributed by atoms with Crippen LogP contribution in [0.2, 0.25) is 0 Å². The Morgan fingerprint density at radius 3 is 2.50 bits per heavy atom. The molecule has 0 amide bonds. The van der Waals surface area contributed by atoms with Crippen molar-refractivity contribution in [2.45, 2.75) is 25.9 Å². The molecule has 0 aliphatic heterocycles. The van der Waals surface area contributed by atoms with Crippen molar-refractivity contribution in [3.8, 4) is 0 Å². The first-order valence-electron chi connectivity index (χ1n) is 5.09. The number of halogens is 2. The zero-order chi connectivity index (χ0) is 11.5. The maximum absolute atomic E-state index is 12.9. The molecule has 0 heterocycles. The van der Waals surface area contributed by atoms with Crippen molar-refractivity contribution in [1.82, 2.24) is 4.90 Å². The second-order valence-electron chi connectivity index (χ2n) is 4.79. The van der Waals surface area contributed by atoms with Gasteiger partial charge in [-0.15, -0.1) is 12.4 Å². The molecule has 0 radical (unpaired) electrons. The van der Waals surface area contributed by atoms with Crippen LogP contribution < -0.4 is 5.73 Å². The number of nitrogens with two attached hydrogens (primary N) is 1. The molecule has 0 spiro atoms. The van der Waals surface area contributed by atoms with Gasteiger partial charge in [-0.25, -0.2) is 4.39 Å². The highest BCUT2D eigenvalue weighted by molar-refractivity contribution is 5.85. The standard InChI is InChI=1S/C12H19FN2.ClH/c1-12(2,14)9-15(3)8-10-5-4-6-11(13)7-10;/h4-7H,8-9,14H2,1-3H3;1H.